The average Bonchev–Trinajstić information content (AvgIpc) is 3.08. The lowest BCUT2D eigenvalue weighted by atomic mass is 10.2. The summed E-state index contributed by atoms with van der Waals surface area (Å²) in [6, 6.07) is 25.6. The lowest BCUT2D eigenvalue weighted by Crippen LogP contribution is -2.27. The number of ether oxygens (including phenoxy) is 2. The topological polar surface area (TPSA) is 38.8 Å². The Bertz CT molecular complexity index is 1140. The van der Waals surface area contributed by atoms with E-state index in [4.69, 9.17) is 21.7 Å². The third-order valence-electron chi connectivity index (χ3n) is 5.06. The number of carbonyl (C=O) groups is 1. The molecule has 1 aliphatic rings. The maximum absolute atomic E-state index is 12.9. The van der Waals surface area contributed by atoms with Gasteiger partial charge in [-0.25, -0.2) is 0 Å². The Kier molecular flexibility index (Phi) is 7.81. The third-order valence-corrected chi connectivity index (χ3v) is 6.44. The van der Waals surface area contributed by atoms with E-state index in [-0.39, 0.29) is 5.91 Å². The van der Waals surface area contributed by atoms with Gasteiger partial charge < -0.3 is 9.47 Å². The quantitative estimate of drug-likeness (QED) is 0.208. The first-order valence-corrected chi connectivity index (χ1v) is 12.0. The molecule has 4 nitrogen and oxygen atoms in total. The van der Waals surface area contributed by atoms with Crippen molar-refractivity contribution in [2.75, 3.05) is 13.2 Å². The van der Waals surface area contributed by atoms with Gasteiger partial charge in [0.05, 0.1) is 24.7 Å². The molecule has 3 aromatic carbocycles. The number of hydrogen-bond acceptors (Lipinski definition) is 5. The van der Waals surface area contributed by atoms with Crippen LogP contribution < -0.4 is 9.47 Å². The zero-order chi connectivity index (χ0) is 23.0. The number of thioether (sulfide) groups is 1. The van der Waals surface area contributed by atoms with Gasteiger partial charge in [0.1, 0.15) is 15.8 Å². The summed E-state index contributed by atoms with van der Waals surface area (Å²) in [5.74, 6) is 1.57. The lowest BCUT2D eigenvalue weighted by Gasteiger charge is -2.14. The van der Waals surface area contributed by atoms with Crippen molar-refractivity contribution >= 4 is 40.3 Å². The Morgan fingerprint density at radius 2 is 1.64 bits per heavy atom. The summed E-state index contributed by atoms with van der Waals surface area (Å²) in [5, 5.41) is 0. The zero-order valence-electron chi connectivity index (χ0n) is 18.4. The van der Waals surface area contributed by atoms with Crippen LogP contribution in [0.15, 0.2) is 83.8 Å². The molecule has 1 heterocycles. The Labute approximate surface area is 204 Å². The molecule has 0 N–H and O–H groups in total. The number of nitrogens with zero attached hydrogens (tertiary/aromatic N) is 1. The van der Waals surface area contributed by atoms with Crippen molar-refractivity contribution in [2.45, 2.75) is 19.9 Å². The Balaban J connectivity index is 1.30. The van der Waals surface area contributed by atoms with Crippen LogP contribution in [0, 0.1) is 6.92 Å². The SMILES string of the molecule is Cc1ccc(OCCCOc2cccc(C=C3SC(=S)N(Cc4ccccc4)C3=O)c2)cc1. The Morgan fingerprint density at radius 3 is 2.39 bits per heavy atom. The molecule has 1 amide bonds. The fourth-order valence-electron chi connectivity index (χ4n) is 3.32. The van der Waals surface area contributed by atoms with Crippen molar-refractivity contribution in [3.63, 3.8) is 0 Å². The minimum Gasteiger partial charge on any atom is -0.493 e. The van der Waals surface area contributed by atoms with Crippen LogP contribution in [0.2, 0.25) is 0 Å². The predicted octanol–water partition coefficient (Wildman–Crippen LogP) is 6.24. The van der Waals surface area contributed by atoms with E-state index in [2.05, 4.69) is 6.92 Å². The monoisotopic (exact) mass is 475 g/mol. The average molecular weight is 476 g/mol. The zero-order valence-corrected chi connectivity index (χ0v) is 20.0. The van der Waals surface area contributed by atoms with Crippen molar-refractivity contribution in [1.29, 1.82) is 0 Å². The van der Waals surface area contributed by atoms with Crippen molar-refractivity contribution < 1.29 is 14.3 Å². The second kappa shape index (κ2) is 11.2. The molecular formula is C27H25NO3S2. The molecule has 0 aliphatic carbocycles. The van der Waals surface area contributed by atoms with E-state index < -0.39 is 0 Å². The first kappa shape index (κ1) is 23.1. The van der Waals surface area contributed by atoms with Crippen LogP contribution in [-0.4, -0.2) is 28.3 Å². The molecular weight excluding hydrogens is 450 g/mol. The van der Waals surface area contributed by atoms with Crippen molar-refractivity contribution in [1.82, 2.24) is 4.90 Å². The molecule has 6 heteroatoms. The smallest absolute Gasteiger partial charge is 0.266 e. The van der Waals surface area contributed by atoms with Crippen LogP contribution in [0.5, 0.6) is 11.5 Å². The van der Waals surface area contributed by atoms with E-state index >= 15 is 0 Å². The number of thiocarbonyl (C=S) groups is 1. The van der Waals surface area contributed by atoms with E-state index in [9.17, 15) is 4.79 Å². The molecule has 0 saturated carbocycles. The maximum atomic E-state index is 12.9. The summed E-state index contributed by atoms with van der Waals surface area (Å²) in [6.07, 6.45) is 2.65. The van der Waals surface area contributed by atoms with E-state index in [1.54, 1.807) is 4.90 Å². The van der Waals surface area contributed by atoms with Gasteiger partial charge in [0, 0.05) is 6.42 Å². The Morgan fingerprint density at radius 1 is 0.909 bits per heavy atom. The molecule has 168 valence electrons. The van der Waals surface area contributed by atoms with Gasteiger partial charge in [-0.2, -0.15) is 0 Å². The van der Waals surface area contributed by atoms with E-state index in [1.807, 2.05) is 84.9 Å². The standard InChI is InChI=1S/C27H25NO3S2/c1-20-11-13-23(14-12-20)30-15-6-16-31-24-10-5-9-22(17-24)18-25-26(29)28(27(32)33-25)19-21-7-3-2-4-8-21/h2-5,7-14,17-18H,6,15-16,19H2,1H3. The molecule has 1 fully saturated rings. The highest BCUT2D eigenvalue weighted by Crippen LogP contribution is 2.34. The molecule has 0 unspecified atom stereocenters. The van der Waals surface area contributed by atoms with E-state index in [1.165, 1.54) is 17.3 Å². The van der Waals surface area contributed by atoms with Crippen molar-refractivity contribution in [2.24, 2.45) is 0 Å². The second-order valence-corrected chi connectivity index (χ2v) is 9.37. The van der Waals surface area contributed by atoms with Crippen LogP contribution in [0.4, 0.5) is 0 Å². The van der Waals surface area contributed by atoms with Gasteiger partial charge in [0.15, 0.2) is 0 Å². The van der Waals surface area contributed by atoms with Gasteiger partial charge in [-0.3, -0.25) is 9.69 Å². The number of amides is 1. The largest absolute Gasteiger partial charge is 0.493 e. The minimum atomic E-state index is -0.0616. The molecule has 3 aromatic rings. The third kappa shape index (κ3) is 6.46. The molecule has 0 bridgehead atoms. The molecule has 4 rings (SSSR count). The van der Waals surface area contributed by atoms with Crippen LogP contribution >= 0.6 is 24.0 Å². The summed E-state index contributed by atoms with van der Waals surface area (Å²) in [6.45, 7) is 3.68. The second-order valence-electron chi connectivity index (χ2n) is 7.69. The number of hydrogen-bond donors (Lipinski definition) is 0. The molecule has 0 spiro atoms. The highest BCUT2D eigenvalue weighted by Gasteiger charge is 2.31. The van der Waals surface area contributed by atoms with Crippen molar-refractivity contribution in [3.05, 3.63) is 100 Å². The number of carbonyl (C=O) groups excluding carboxylic acids is 1. The van der Waals surface area contributed by atoms with Crippen LogP contribution in [-0.2, 0) is 11.3 Å². The van der Waals surface area contributed by atoms with Gasteiger partial charge in [0.2, 0.25) is 0 Å². The van der Waals surface area contributed by atoms with Gasteiger partial charge in [-0.05, 0) is 48.4 Å². The fraction of sp³-hybridized carbons (Fsp3) is 0.185. The molecule has 1 saturated heterocycles. The highest BCUT2D eigenvalue weighted by molar-refractivity contribution is 8.26. The summed E-state index contributed by atoms with van der Waals surface area (Å²) in [5.41, 5.74) is 3.17. The van der Waals surface area contributed by atoms with Crippen molar-refractivity contribution in [3.8, 4) is 11.5 Å². The molecule has 1 aliphatic heterocycles. The summed E-state index contributed by atoms with van der Waals surface area (Å²) in [4.78, 5) is 15.2. The van der Waals surface area contributed by atoms with E-state index in [0.717, 1.165) is 29.0 Å². The summed E-state index contributed by atoms with van der Waals surface area (Å²) >= 11 is 6.79. The first-order valence-electron chi connectivity index (χ1n) is 10.8. The lowest BCUT2D eigenvalue weighted by molar-refractivity contribution is -0.122. The van der Waals surface area contributed by atoms with Gasteiger partial charge in [-0.1, -0.05) is 84.1 Å². The molecule has 0 aromatic heterocycles. The number of aryl methyl sites for hydroxylation is 1. The number of rotatable bonds is 9. The summed E-state index contributed by atoms with van der Waals surface area (Å²) in [7, 11) is 0. The van der Waals surface area contributed by atoms with Crippen LogP contribution in [0.1, 0.15) is 23.1 Å². The minimum absolute atomic E-state index is 0.0616. The van der Waals surface area contributed by atoms with E-state index in [0.29, 0.717) is 29.0 Å². The highest BCUT2D eigenvalue weighted by atomic mass is 32.2. The normalized spacial score (nSPS) is 14.7. The summed E-state index contributed by atoms with van der Waals surface area (Å²) < 4.78 is 12.2. The predicted molar refractivity (Wildman–Crippen MR) is 138 cm³/mol. The van der Waals surface area contributed by atoms with Crippen LogP contribution in [0.3, 0.4) is 0 Å². The Hall–Kier alpha value is -3.09. The van der Waals surface area contributed by atoms with Gasteiger partial charge in [0.25, 0.3) is 5.91 Å². The first-order chi connectivity index (χ1) is 16.1. The molecule has 0 radical (unpaired) electrons. The van der Waals surface area contributed by atoms with Gasteiger partial charge in [-0.15, -0.1) is 0 Å². The van der Waals surface area contributed by atoms with Gasteiger partial charge >= 0.3 is 0 Å². The molecule has 0 atom stereocenters. The van der Waals surface area contributed by atoms with Crippen LogP contribution in [0.25, 0.3) is 6.08 Å². The number of benzene rings is 3. The molecule has 33 heavy (non-hydrogen) atoms. The fourth-order valence-corrected chi connectivity index (χ4v) is 4.58. The maximum Gasteiger partial charge on any atom is 0.266 e.